The molecule has 1 unspecified atom stereocenters. The first-order valence-corrected chi connectivity index (χ1v) is 6.00. The molecule has 4 heteroatoms. The Balaban J connectivity index is 2.28. The van der Waals surface area contributed by atoms with Crippen LogP contribution in [-0.4, -0.2) is 35.9 Å². The summed E-state index contributed by atoms with van der Waals surface area (Å²) in [5, 5.41) is 3.42. The second-order valence-electron chi connectivity index (χ2n) is 4.10. The highest BCUT2D eigenvalue weighted by Gasteiger charge is 2.02. The first kappa shape index (κ1) is 13.2. The Hall–Kier alpha value is -0.870. The van der Waals surface area contributed by atoms with Crippen LogP contribution in [0.1, 0.15) is 26.1 Å². The van der Waals surface area contributed by atoms with Gasteiger partial charge >= 0.3 is 0 Å². The van der Waals surface area contributed by atoms with Gasteiger partial charge in [-0.05, 0) is 13.3 Å². The fourth-order valence-corrected chi connectivity index (χ4v) is 1.74. The highest BCUT2D eigenvalue weighted by molar-refractivity contribution is 4.92. The quantitative estimate of drug-likeness (QED) is 0.728. The van der Waals surface area contributed by atoms with Crippen LogP contribution < -0.4 is 5.32 Å². The van der Waals surface area contributed by atoms with E-state index in [1.807, 2.05) is 12.4 Å². The number of nitrogens with zero attached hydrogens (tertiary/aromatic N) is 2. The molecule has 1 rings (SSSR count). The highest BCUT2D eigenvalue weighted by Crippen LogP contribution is 2.00. The van der Waals surface area contributed by atoms with E-state index in [4.69, 9.17) is 4.74 Å². The molecule has 0 saturated carbocycles. The molecule has 0 aromatic carbocycles. The van der Waals surface area contributed by atoms with Crippen molar-refractivity contribution < 1.29 is 4.74 Å². The monoisotopic (exact) mass is 225 g/mol. The normalized spacial score (nSPS) is 12.9. The molecule has 0 fully saturated rings. The van der Waals surface area contributed by atoms with Crippen LogP contribution in [0.3, 0.4) is 0 Å². The van der Waals surface area contributed by atoms with Crippen LogP contribution in [0.25, 0.3) is 0 Å². The minimum atomic E-state index is 0.406. The molecule has 1 N–H and O–H groups in total. The standard InChI is InChI=1S/C12H23N3O/c1-4-5-12-14-7-9-15(12)8-6-13-11(2)10-16-3/h7,9,11,13H,4-6,8,10H2,1-3H3. The Morgan fingerprint density at radius 3 is 3.06 bits per heavy atom. The molecule has 1 aromatic heterocycles. The second-order valence-corrected chi connectivity index (χ2v) is 4.10. The number of aromatic nitrogens is 2. The molecule has 0 aliphatic carbocycles. The van der Waals surface area contributed by atoms with E-state index in [2.05, 4.69) is 28.7 Å². The van der Waals surface area contributed by atoms with E-state index in [1.54, 1.807) is 7.11 Å². The Kier molecular flexibility index (Phi) is 6.11. The molecule has 92 valence electrons. The summed E-state index contributed by atoms with van der Waals surface area (Å²) in [4.78, 5) is 4.35. The number of hydrogen-bond acceptors (Lipinski definition) is 3. The number of aryl methyl sites for hydroxylation is 1. The van der Waals surface area contributed by atoms with Crippen LogP contribution >= 0.6 is 0 Å². The van der Waals surface area contributed by atoms with Gasteiger partial charge in [0.2, 0.25) is 0 Å². The summed E-state index contributed by atoms with van der Waals surface area (Å²) in [6.45, 7) is 7.00. The highest BCUT2D eigenvalue weighted by atomic mass is 16.5. The van der Waals surface area contributed by atoms with Gasteiger partial charge in [0, 0.05) is 45.1 Å². The van der Waals surface area contributed by atoms with Crippen molar-refractivity contribution in [1.82, 2.24) is 14.9 Å². The molecule has 0 amide bonds. The van der Waals surface area contributed by atoms with Crippen LogP contribution in [0.5, 0.6) is 0 Å². The summed E-state index contributed by atoms with van der Waals surface area (Å²) in [5.41, 5.74) is 0. The van der Waals surface area contributed by atoms with Crippen molar-refractivity contribution in [2.24, 2.45) is 0 Å². The van der Waals surface area contributed by atoms with E-state index in [0.29, 0.717) is 6.04 Å². The smallest absolute Gasteiger partial charge is 0.108 e. The van der Waals surface area contributed by atoms with E-state index < -0.39 is 0 Å². The third-order valence-electron chi connectivity index (χ3n) is 2.54. The van der Waals surface area contributed by atoms with Gasteiger partial charge in [-0.1, -0.05) is 6.92 Å². The molecule has 0 spiro atoms. The predicted molar refractivity (Wildman–Crippen MR) is 65.6 cm³/mol. The first-order valence-electron chi connectivity index (χ1n) is 6.00. The lowest BCUT2D eigenvalue weighted by Crippen LogP contribution is -2.32. The predicted octanol–water partition coefficient (Wildman–Crippen LogP) is 1.46. The maximum atomic E-state index is 5.07. The summed E-state index contributed by atoms with van der Waals surface area (Å²) in [6.07, 6.45) is 6.13. The van der Waals surface area contributed by atoms with Gasteiger partial charge in [0.05, 0.1) is 6.61 Å². The topological polar surface area (TPSA) is 39.1 Å². The Bertz CT molecular complexity index is 286. The zero-order valence-electron chi connectivity index (χ0n) is 10.6. The average molecular weight is 225 g/mol. The molecule has 0 bridgehead atoms. The van der Waals surface area contributed by atoms with E-state index in [9.17, 15) is 0 Å². The number of nitrogens with one attached hydrogen (secondary N) is 1. The van der Waals surface area contributed by atoms with E-state index >= 15 is 0 Å². The second kappa shape index (κ2) is 7.41. The summed E-state index contributed by atoms with van der Waals surface area (Å²) < 4.78 is 7.29. The number of rotatable bonds is 8. The molecule has 1 heterocycles. The van der Waals surface area contributed by atoms with Crippen molar-refractivity contribution in [3.63, 3.8) is 0 Å². The van der Waals surface area contributed by atoms with Gasteiger partial charge in [0.25, 0.3) is 0 Å². The van der Waals surface area contributed by atoms with E-state index in [1.165, 1.54) is 5.82 Å². The van der Waals surface area contributed by atoms with Crippen molar-refractivity contribution in [2.45, 2.75) is 39.3 Å². The van der Waals surface area contributed by atoms with Crippen molar-refractivity contribution >= 4 is 0 Å². The molecule has 4 nitrogen and oxygen atoms in total. The summed E-state index contributed by atoms with van der Waals surface area (Å²) >= 11 is 0. The number of hydrogen-bond donors (Lipinski definition) is 1. The number of ether oxygens (including phenoxy) is 1. The lowest BCUT2D eigenvalue weighted by molar-refractivity contribution is 0.172. The maximum absolute atomic E-state index is 5.07. The van der Waals surface area contributed by atoms with E-state index in [-0.39, 0.29) is 0 Å². The van der Waals surface area contributed by atoms with Crippen molar-refractivity contribution in [3.8, 4) is 0 Å². The van der Waals surface area contributed by atoms with Gasteiger partial charge in [-0.2, -0.15) is 0 Å². The summed E-state index contributed by atoms with van der Waals surface area (Å²) in [7, 11) is 1.73. The SMILES string of the molecule is CCCc1nccn1CCNC(C)COC. The van der Waals surface area contributed by atoms with Crippen LogP contribution in [0.4, 0.5) is 0 Å². The number of methoxy groups -OCH3 is 1. The van der Waals surface area contributed by atoms with Gasteiger partial charge in [0.1, 0.15) is 5.82 Å². The Morgan fingerprint density at radius 2 is 2.38 bits per heavy atom. The molecular formula is C12H23N3O. The van der Waals surface area contributed by atoms with Gasteiger partial charge in [-0.25, -0.2) is 4.98 Å². The lowest BCUT2D eigenvalue weighted by Gasteiger charge is -2.13. The zero-order chi connectivity index (χ0) is 11.8. The molecule has 0 radical (unpaired) electrons. The zero-order valence-corrected chi connectivity index (χ0v) is 10.6. The van der Waals surface area contributed by atoms with Crippen LogP contribution in [0.2, 0.25) is 0 Å². The van der Waals surface area contributed by atoms with Gasteiger partial charge in [-0.15, -0.1) is 0 Å². The largest absolute Gasteiger partial charge is 0.383 e. The minimum absolute atomic E-state index is 0.406. The minimum Gasteiger partial charge on any atom is -0.383 e. The molecule has 16 heavy (non-hydrogen) atoms. The van der Waals surface area contributed by atoms with Gasteiger partial charge in [0.15, 0.2) is 0 Å². The lowest BCUT2D eigenvalue weighted by atomic mass is 10.3. The van der Waals surface area contributed by atoms with Crippen LogP contribution in [0.15, 0.2) is 12.4 Å². The summed E-state index contributed by atoms with van der Waals surface area (Å²) in [6, 6.07) is 0.406. The Labute approximate surface area is 98.0 Å². The average Bonchev–Trinajstić information content (AvgIpc) is 2.67. The van der Waals surface area contributed by atoms with Crippen molar-refractivity contribution in [1.29, 1.82) is 0 Å². The van der Waals surface area contributed by atoms with Crippen LogP contribution in [0, 0.1) is 0 Å². The van der Waals surface area contributed by atoms with Crippen molar-refractivity contribution in [2.75, 3.05) is 20.3 Å². The molecular weight excluding hydrogens is 202 g/mol. The van der Waals surface area contributed by atoms with Crippen LogP contribution in [-0.2, 0) is 17.7 Å². The molecule has 0 aliphatic heterocycles. The molecule has 0 saturated heterocycles. The third kappa shape index (κ3) is 4.33. The molecule has 1 aromatic rings. The van der Waals surface area contributed by atoms with Gasteiger partial charge in [-0.3, -0.25) is 0 Å². The summed E-state index contributed by atoms with van der Waals surface area (Å²) in [5.74, 6) is 1.18. The fraction of sp³-hybridized carbons (Fsp3) is 0.750. The van der Waals surface area contributed by atoms with Crippen molar-refractivity contribution in [3.05, 3.63) is 18.2 Å². The molecule has 1 atom stereocenters. The number of imidazole rings is 1. The Morgan fingerprint density at radius 1 is 1.56 bits per heavy atom. The maximum Gasteiger partial charge on any atom is 0.108 e. The third-order valence-corrected chi connectivity index (χ3v) is 2.54. The fourth-order valence-electron chi connectivity index (χ4n) is 1.74. The molecule has 0 aliphatic rings. The van der Waals surface area contributed by atoms with Gasteiger partial charge < -0.3 is 14.6 Å². The van der Waals surface area contributed by atoms with E-state index in [0.717, 1.165) is 32.5 Å². The first-order chi connectivity index (χ1) is 7.77.